The van der Waals surface area contributed by atoms with Crippen molar-refractivity contribution in [2.24, 2.45) is 5.73 Å². The minimum absolute atomic E-state index is 0.0612. The van der Waals surface area contributed by atoms with E-state index in [1.165, 1.54) is 12.1 Å². The zero-order valence-electron chi connectivity index (χ0n) is 13.0. The lowest BCUT2D eigenvalue weighted by Gasteiger charge is -2.26. The monoisotopic (exact) mass is 276 g/mol. The van der Waals surface area contributed by atoms with Gasteiger partial charge in [0.15, 0.2) is 0 Å². The van der Waals surface area contributed by atoms with Crippen molar-refractivity contribution in [3.8, 4) is 0 Å². The summed E-state index contributed by atoms with van der Waals surface area (Å²) >= 11 is 0. The molecule has 1 aliphatic heterocycles. The molecule has 4 nitrogen and oxygen atoms in total. The number of nitrogens with two attached hydrogens (primary N) is 1. The third-order valence-electron chi connectivity index (χ3n) is 4.45. The molecule has 1 aromatic rings. The second-order valence-electron chi connectivity index (χ2n) is 5.57. The van der Waals surface area contributed by atoms with Crippen LogP contribution in [0.2, 0.25) is 0 Å². The van der Waals surface area contributed by atoms with E-state index in [9.17, 15) is 0 Å². The fraction of sp³-hybridized carbons (Fsp3) is 0.688. The van der Waals surface area contributed by atoms with Crippen LogP contribution in [0.15, 0.2) is 18.3 Å². The molecule has 1 aromatic heterocycles. The van der Waals surface area contributed by atoms with Crippen molar-refractivity contribution >= 4 is 5.69 Å². The molecular formula is C16H28N4. The first-order chi connectivity index (χ1) is 9.69. The summed E-state index contributed by atoms with van der Waals surface area (Å²) in [5.74, 6) is 0. The number of likely N-dealkylation sites (N-methyl/N-ethyl adjacent to an activating group) is 1. The highest BCUT2D eigenvalue weighted by Gasteiger charge is 2.26. The lowest BCUT2D eigenvalue weighted by Crippen LogP contribution is -2.37. The second kappa shape index (κ2) is 7.04. The van der Waals surface area contributed by atoms with Gasteiger partial charge in [-0.2, -0.15) is 0 Å². The molecule has 2 unspecified atom stereocenters. The van der Waals surface area contributed by atoms with Crippen LogP contribution >= 0.6 is 0 Å². The fourth-order valence-electron chi connectivity index (χ4n) is 3.03. The summed E-state index contributed by atoms with van der Waals surface area (Å²) in [6.45, 7) is 11.1. The van der Waals surface area contributed by atoms with Gasteiger partial charge >= 0.3 is 0 Å². The molecule has 0 amide bonds. The lowest BCUT2D eigenvalue weighted by molar-refractivity contribution is 0.232. The third kappa shape index (κ3) is 3.30. The summed E-state index contributed by atoms with van der Waals surface area (Å²) in [5, 5.41) is 0. The van der Waals surface area contributed by atoms with Crippen molar-refractivity contribution in [2.75, 3.05) is 31.1 Å². The summed E-state index contributed by atoms with van der Waals surface area (Å²) in [7, 11) is 0. The molecule has 2 rings (SSSR count). The maximum absolute atomic E-state index is 6.01. The van der Waals surface area contributed by atoms with Gasteiger partial charge in [-0.05, 0) is 38.1 Å². The topological polar surface area (TPSA) is 45.4 Å². The molecule has 20 heavy (non-hydrogen) atoms. The van der Waals surface area contributed by atoms with Crippen LogP contribution in [0.1, 0.15) is 45.3 Å². The Kier molecular flexibility index (Phi) is 5.38. The highest BCUT2D eigenvalue weighted by atomic mass is 15.3. The van der Waals surface area contributed by atoms with Gasteiger partial charge in [0.1, 0.15) is 0 Å². The number of pyridine rings is 1. The number of hydrogen-bond acceptors (Lipinski definition) is 4. The predicted molar refractivity (Wildman–Crippen MR) is 85.0 cm³/mol. The average Bonchev–Trinajstić information content (AvgIpc) is 2.97. The Morgan fingerprint density at radius 3 is 2.65 bits per heavy atom. The largest absolute Gasteiger partial charge is 0.369 e. The molecule has 112 valence electrons. The molecule has 0 aliphatic carbocycles. The lowest BCUT2D eigenvalue weighted by atomic mass is 10.1. The second-order valence-corrected chi connectivity index (χ2v) is 5.57. The maximum Gasteiger partial charge on any atom is 0.0572 e. The Balaban J connectivity index is 1.99. The predicted octanol–water partition coefficient (Wildman–Crippen LogP) is 2.41. The van der Waals surface area contributed by atoms with Crippen molar-refractivity contribution in [1.29, 1.82) is 0 Å². The van der Waals surface area contributed by atoms with Crippen LogP contribution in [0.3, 0.4) is 0 Å². The van der Waals surface area contributed by atoms with E-state index in [-0.39, 0.29) is 6.04 Å². The molecule has 0 aromatic carbocycles. The maximum atomic E-state index is 6.01. The SMILES string of the molecule is CCC(N)c1ccc(N2CCC(N(CC)CC)C2)cn1. The Hall–Kier alpha value is -1.13. The first-order valence-corrected chi connectivity index (χ1v) is 7.90. The summed E-state index contributed by atoms with van der Waals surface area (Å²) in [6.07, 6.45) is 4.16. The molecule has 0 spiro atoms. The fourth-order valence-corrected chi connectivity index (χ4v) is 3.03. The Morgan fingerprint density at radius 1 is 1.35 bits per heavy atom. The quantitative estimate of drug-likeness (QED) is 0.866. The summed E-state index contributed by atoms with van der Waals surface area (Å²) in [5.41, 5.74) is 8.24. The van der Waals surface area contributed by atoms with E-state index in [1.807, 2.05) is 6.20 Å². The highest BCUT2D eigenvalue weighted by molar-refractivity contribution is 5.46. The van der Waals surface area contributed by atoms with E-state index in [0.29, 0.717) is 6.04 Å². The van der Waals surface area contributed by atoms with E-state index in [2.05, 4.69) is 47.7 Å². The van der Waals surface area contributed by atoms with Crippen molar-refractivity contribution in [3.63, 3.8) is 0 Å². The van der Waals surface area contributed by atoms with Gasteiger partial charge < -0.3 is 10.6 Å². The van der Waals surface area contributed by atoms with Crippen molar-refractivity contribution in [3.05, 3.63) is 24.0 Å². The van der Waals surface area contributed by atoms with Crippen LogP contribution in [-0.2, 0) is 0 Å². The number of hydrogen-bond donors (Lipinski definition) is 1. The first-order valence-electron chi connectivity index (χ1n) is 7.90. The number of nitrogens with zero attached hydrogens (tertiary/aromatic N) is 3. The van der Waals surface area contributed by atoms with Crippen LogP contribution in [0.5, 0.6) is 0 Å². The molecule has 0 radical (unpaired) electrons. The van der Waals surface area contributed by atoms with Gasteiger partial charge in [0.2, 0.25) is 0 Å². The molecule has 2 heterocycles. The van der Waals surface area contributed by atoms with E-state index in [1.54, 1.807) is 0 Å². The van der Waals surface area contributed by atoms with E-state index in [0.717, 1.165) is 38.3 Å². The zero-order valence-corrected chi connectivity index (χ0v) is 13.0. The van der Waals surface area contributed by atoms with Crippen LogP contribution in [0.25, 0.3) is 0 Å². The van der Waals surface area contributed by atoms with E-state index < -0.39 is 0 Å². The number of anilines is 1. The number of rotatable bonds is 6. The molecule has 1 aliphatic rings. The van der Waals surface area contributed by atoms with Crippen molar-refractivity contribution < 1.29 is 0 Å². The van der Waals surface area contributed by atoms with Gasteiger partial charge in [-0.25, -0.2) is 0 Å². The van der Waals surface area contributed by atoms with E-state index in [4.69, 9.17) is 5.73 Å². The third-order valence-corrected chi connectivity index (χ3v) is 4.45. The van der Waals surface area contributed by atoms with Gasteiger partial charge in [0, 0.05) is 25.2 Å². The normalized spacial score (nSPS) is 20.6. The molecular weight excluding hydrogens is 248 g/mol. The molecule has 2 N–H and O–H groups in total. The van der Waals surface area contributed by atoms with Crippen LogP contribution in [0, 0.1) is 0 Å². The smallest absolute Gasteiger partial charge is 0.0572 e. The standard InChI is InChI=1S/C16H28N4/c1-4-15(17)16-8-7-13(11-18-16)20-10-9-14(12-20)19(5-2)6-3/h7-8,11,14-15H,4-6,9-10,12,17H2,1-3H3. The van der Waals surface area contributed by atoms with Gasteiger partial charge in [-0.15, -0.1) is 0 Å². The van der Waals surface area contributed by atoms with Gasteiger partial charge in [-0.1, -0.05) is 20.8 Å². The molecule has 1 fully saturated rings. The Labute approximate surface area is 123 Å². The van der Waals surface area contributed by atoms with Gasteiger partial charge in [0.25, 0.3) is 0 Å². The van der Waals surface area contributed by atoms with Gasteiger partial charge in [-0.3, -0.25) is 9.88 Å². The average molecular weight is 276 g/mol. The summed E-state index contributed by atoms with van der Waals surface area (Å²) in [4.78, 5) is 9.52. The molecule has 2 atom stereocenters. The minimum Gasteiger partial charge on any atom is -0.369 e. The minimum atomic E-state index is 0.0612. The zero-order chi connectivity index (χ0) is 14.5. The van der Waals surface area contributed by atoms with E-state index >= 15 is 0 Å². The Bertz CT molecular complexity index is 399. The van der Waals surface area contributed by atoms with Crippen LogP contribution in [-0.4, -0.2) is 42.1 Å². The van der Waals surface area contributed by atoms with Crippen LogP contribution in [0.4, 0.5) is 5.69 Å². The molecule has 0 bridgehead atoms. The summed E-state index contributed by atoms with van der Waals surface area (Å²) in [6, 6.07) is 4.99. The molecule has 1 saturated heterocycles. The van der Waals surface area contributed by atoms with Crippen molar-refractivity contribution in [2.45, 2.75) is 45.7 Å². The van der Waals surface area contributed by atoms with Crippen molar-refractivity contribution in [1.82, 2.24) is 9.88 Å². The Morgan fingerprint density at radius 2 is 2.10 bits per heavy atom. The van der Waals surface area contributed by atoms with Gasteiger partial charge in [0.05, 0.1) is 17.6 Å². The highest BCUT2D eigenvalue weighted by Crippen LogP contribution is 2.23. The number of aromatic nitrogens is 1. The molecule has 4 heteroatoms. The van der Waals surface area contributed by atoms with Crippen LogP contribution < -0.4 is 10.6 Å². The first kappa shape index (κ1) is 15.3. The molecule has 0 saturated carbocycles. The summed E-state index contributed by atoms with van der Waals surface area (Å²) < 4.78 is 0.